The molecule has 2 saturated heterocycles. The molecule has 1 N–H and O–H groups in total. The Morgan fingerprint density at radius 2 is 2.04 bits per heavy atom. The lowest BCUT2D eigenvalue weighted by molar-refractivity contribution is -0.138. The topological polar surface area (TPSA) is 50.8 Å². The van der Waals surface area contributed by atoms with Crippen LogP contribution in [-0.2, 0) is 11.2 Å². The molecule has 2 aliphatic rings. The number of carbonyl (C=O) groups is 1. The van der Waals surface area contributed by atoms with E-state index in [9.17, 15) is 4.79 Å². The molecule has 25 heavy (non-hydrogen) atoms. The first-order chi connectivity index (χ1) is 12.2. The molecule has 5 nitrogen and oxygen atoms in total. The van der Waals surface area contributed by atoms with Gasteiger partial charge < -0.3 is 19.7 Å². The number of hydrogen-bond acceptors (Lipinski definition) is 4. The number of likely N-dealkylation sites (tertiary alicyclic amines) is 1. The molecule has 0 saturated carbocycles. The van der Waals surface area contributed by atoms with Gasteiger partial charge in [0.2, 0.25) is 5.91 Å². The van der Waals surface area contributed by atoms with Gasteiger partial charge in [0, 0.05) is 19.1 Å². The molecule has 1 amide bonds. The third-order valence-corrected chi connectivity index (χ3v) is 5.53. The number of nitrogens with zero attached hydrogens (tertiary/aromatic N) is 1. The average molecular weight is 346 g/mol. The quantitative estimate of drug-likeness (QED) is 0.860. The Bertz CT molecular complexity index is 584. The first-order valence-corrected chi connectivity index (χ1v) is 9.45. The molecule has 0 aliphatic carbocycles. The van der Waals surface area contributed by atoms with Crippen molar-refractivity contribution in [3.05, 3.63) is 23.8 Å². The maximum atomic E-state index is 12.9. The van der Waals surface area contributed by atoms with E-state index >= 15 is 0 Å². The Morgan fingerprint density at radius 3 is 2.76 bits per heavy atom. The molecule has 138 valence electrons. The fourth-order valence-electron chi connectivity index (χ4n) is 4.06. The van der Waals surface area contributed by atoms with Gasteiger partial charge in [0.1, 0.15) is 0 Å². The van der Waals surface area contributed by atoms with Gasteiger partial charge in [0.05, 0.1) is 20.1 Å². The highest BCUT2D eigenvalue weighted by atomic mass is 16.5. The van der Waals surface area contributed by atoms with Crippen LogP contribution in [0.3, 0.4) is 0 Å². The summed E-state index contributed by atoms with van der Waals surface area (Å²) in [6, 6.07) is 6.48. The van der Waals surface area contributed by atoms with Crippen molar-refractivity contribution in [1.82, 2.24) is 10.2 Å². The number of aryl methyl sites for hydroxylation is 1. The second-order valence-electron chi connectivity index (χ2n) is 7.10. The lowest BCUT2D eigenvalue weighted by Crippen LogP contribution is -2.47. The zero-order valence-corrected chi connectivity index (χ0v) is 15.4. The smallest absolute Gasteiger partial charge is 0.227 e. The highest BCUT2D eigenvalue weighted by Gasteiger charge is 2.32. The van der Waals surface area contributed by atoms with Crippen LogP contribution in [0.15, 0.2) is 18.2 Å². The van der Waals surface area contributed by atoms with E-state index in [1.165, 1.54) is 12.0 Å². The Labute approximate surface area is 150 Å². The number of ether oxygens (including phenoxy) is 2. The van der Waals surface area contributed by atoms with Gasteiger partial charge in [-0.2, -0.15) is 0 Å². The molecule has 0 radical (unpaired) electrons. The van der Waals surface area contributed by atoms with Crippen molar-refractivity contribution in [2.75, 3.05) is 33.9 Å². The third-order valence-electron chi connectivity index (χ3n) is 5.53. The first-order valence-electron chi connectivity index (χ1n) is 9.45. The van der Waals surface area contributed by atoms with Crippen LogP contribution < -0.4 is 14.8 Å². The zero-order valence-electron chi connectivity index (χ0n) is 15.4. The fraction of sp³-hybridized carbons (Fsp3) is 0.650. The predicted molar refractivity (Wildman–Crippen MR) is 98.2 cm³/mol. The number of amides is 1. The Balaban J connectivity index is 1.62. The van der Waals surface area contributed by atoms with E-state index in [1.54, 1.807) is 14.2 Å². The summed E-state index contributed by atoms with van der Waals surface area (Å²) in [4.78, 5) is 15.0. The minimum absolute atomic E-state index is 0.182. The predicted octanol–water partition coefficient (Wildman–Crippen LogP) is 2.63. The average Bonchev–Trinajstić information content (AvgIpc) is 3.20. The Hall–Kier alpha value is -1.75. The van der Waals surface area contributed by atoms with Crippen molar-refractivity contribution in [3.8, 4) is 11.5 Å². The van der Waals surface area contributed by atoms with E-state index in [4.69, 9.17) is 9.47 Å². The Morgan fingerprint density at radius 1 is 1.20 bits per heavy atom. The number of piperidine rings is 1. The first kappa shape index (κ1) is 18.1. The maximum absolute atomic E-state index is 12.9. The number of benzene rings is 1. The third kappa shape index (κ3) is 4.27. The molecule has 3 rings (SSSR count). The second-order valence-corrected chi connectivity index (χ2v) is 7.10. The molecule has 0 aromatic heterocycles. The minimum Gasteiger partial charge on any atom is -0.493 e. The monoisotopic (exact) mass is 346 g/mol. The minimum atomic E-state index is 0.182. The summed E-state index contributed by atoms with van der Waals surface area (Å²) in [5.41, 5.74) is 1.23. The second kappa shape index (κ2) is 8.56. The van der Waals surface area contributed by atoms with Crippen LogP contribution in [0.5, 0.6) is 11.5 Å². The van der Waals surface area contributed by atoms with Crippen molar-refractivity contribution in [3.63, 3.8) is 0 Å². The lowest BCUT2D eigenvalue weighted by Gasteiger charge is -2.37. The van der Waals surface area contributed by atoms with E-state index in [2.05, 4.69) is 22.3 Å². The molecule has 5 heteroatoms. The number of nitrogens with one attached hydrogen (secondary N) is 1. The van der Waals surface area contributed by atoms with Crippen LogP contribution in [0.4, 0.5) is 0 Å². The standard InChI is InChI=1S/C20H30N2O3/c1-24-18-9-7-15(13-19(18)25-2)6-8-17-5-3-4-12-22(17)20(23)16-10-11-21-14-16/h7,9,13,16-17,21H,3-6,8,10-12,14H2,1-2H3/t16-,17-/m1/s1. The van der Waals surface area contributed by atoms with E-state index in [1.807, 2.05) is 6.07 Å². The summed E-state index contributed by atoms with van der Waals surface area (Å²) in [6.45, 7) is 2.74. The summed E-state index contributed by atoms with van der Waals surface area (Å²) in [7, 11) is 3.32. The van der Waals surface area contributed by atoms with Gasteiger partial charge in [-0.1, -0.05) is 6.07 Å². The molecule has 2 aliphatic heterocycles. The van der Waals surface area contributed by atoms with Crippen molar-refractivity contribution < 1.29 is 14.3 Å². The zero-order chi connectivity index (χ0) is 17.6. The van der Waals surface area contributed by atoms with Crippen LogP contribution in [0.1, 0.15) is 37.7 Å². The fourth-order valence-corrected chi connectivity index (χ4v) is 4.06. The largest absolute Gasteiger partial charge is 0.493 e. The normalized spacial score (nSPS) is 23.5. The van der Waals surface area contributed by atoms with Gasteiger partial charge in [0.15, 0.2) is 11.5 Å². The molecular weight excluding hydrogens is 316 g/mol. The molecule has 2 heterocycles. The van der Waals surface area contributed by atoms with Crippen LogP contribution in [-0.4, -0.2) is 50.7 Å². The molecule has 1 aromatic carbocycles. The SMILES string of the molecule is COc1ccc(CC[C@H]2CCCCN2C(=O)[C@@H]2CCNC2)cc1OC. The molecule has 0 bridgehead atoms. The van der Waals surface area contributed by atoms with Crippen molar-refractivity contribution in [1.29, 1.82) is 0 Å². The van der Waals surface area contributed by atoms with Gasteiger partial charge in [0.25, 0.3) is 0 Å². The van der Waals surface area contributed by atoms with Gasteiger partial charge in [-0.05, 0) is 62.8 Å². The van der Waals surface area contributed by atoms with Crippen molar-refractivity contribution in [2.24, 2.45) is 5.92 Å². The van der Waals surface area contributed by atoms with Crippen molar-refractivity contribution >= 4 is 5.91 Å². The van der Waals surface area contributed by atoms with E-state index < -0.39 is 0 Å². The Kier molecular flexibility index (Phi) is 6.19. The summed E-state index contributed by atoms with van der Waals surface area (Å²) in [5.74, 6) is 2.08. The van der Waals surface area contributed by atoms with E-state index in [0.29, 0.717) is 11.9 Å². The highest BCUT2D eigenvalue weighted by molar-refractivity contribution is 5.79. The van der Waals surface area contributed by atoms with Gasteiger partial charge in [-0.3, -0.25) is 4.79 Å². The number of methoxy groups -OCH3 is 2. The number of rotatable bonds is 6. The van der Waals surface area contributed by atoms with Crippen LogP contribution in [0.25, 0.3) is 0 Å². The summed E-state index contributed by atoms with van der Waals surface area (Å²) >= 11 is 0. The van der Waals surface area contributed by atoms with Crippen molar-refractivity contribution in [2.45, 2.75) is 44.6 Å². The number of carbonyl (C=O) groups excluding carboxylic acids is 1. The van der Waals surface area contributed by atoms with E-state index in [-0.39, 0.29) is 5.92 Å². The summed E-state index contributed by atoms with van der Waals surface area (Å²) in [6.07, 6.45) is 6.44. The molecule has 2 fully saturated rings. The molecule has 1 aromatic rings. The summed E-state index contributed by atoms with van der Waals surface area (Å²) < 4.78 is 10.7. The summed E-state index contributed by atoms with van der Waals surface area (Å²) in [5, 5.41) is 3.32. The molecule has 0 unspecified atom stereocenters. The van der Waals surface area contributed by atoms with Crippen LogP contribution in [0.2, 0.25) is 0 Å². The lowest BCUT2D eigenvalue weighted by atomic mass is 9.94. The molecule has 2 atom stereocenters. The van der Waals surface area contributed by atoms with Gasteiger partial charge in [-0.25, -0.2) is 0 Å². The van der Waals surface area contributed by atoms with Gasteiger partial charge >= 0.3 is 0 Å². The highest BCUT2D eigenvalue weighted by Crippen LogP contribution is 2.29. The van der Waals surface area contributed by atoms with E-state index in [0.717, 1.165) is 63.2 Å². The molecule has 0 spiro atoms. The maximum Gasteiger partial charge on any atom is 0.227 e. The van der Waals surface area contributed by atoms with Crippen LogP contribution in [0, 0.1) is 5.92 Å². The van der Waals surface area contributed by atoms with Crippen LogP contribution >= 0.6 is 0 Å². The van der Waals surface area contributed by atoms with Gasteiger partial charge in [-0.15, -0.1) is 0 Å². The number of hydrogen-bond donors (Lipinski definition) is 1. The molecular formula is C20H30N2O3.